The second-order valence-corrected chi connectivity index (χ2v) is 15.7. The van der Waals surface area contributed by atoms with Gasteiger partial charge in [-0.05, 0) is 95.5 Å². The van der Waals surface area contributed by atoms with Crippen LogP contribution >= 0.6 is 0 Å². The highest BCUT2D eigenvalue weighted by atomic mass is 16.6. The predicted octanol–water partition coefficient (Wildman–Crippen LogP) is 10.4. The molecule has 61 heavy (non-hydrogen) atoms. The minimum Gasteiger partial charge on any atom is -0.460 e. The van der Waals surface area contributed by atoms with Crippen LogP contribution in [0.4, 0.5) is 5.69 Å². The van der Waals surface area contributed by atoms with Gasteiger partial charge in [-0.25, -0.2) is 14.4 Å². The molecule has 314 valence electrons. The average Bonchev–Trinajstić information content (AvgIpc) is 3.83. The zero-order valence-electron chi connectivity index (χ0n) is 36.4. The van der Waals surface area contributed by atoms with Gasteiger partial charge in [-0.1, -0.05) is 80.7 Å². The number of benzene rings is 4. The number of cyclic esters (lactones) is 1. The van der Waals surface area contributed by atoms with Crippen LogP contribution in [0.15, 0.2) is 121 Å². The van der Waals surface area contributed by atoms with Crippen LogP contribution in [0.2, 0.25) is 0 Å². The van der Waals surface area contributed by atoms with Crippen LogP contribution in [0.25, 0.3) is 27.4 Å². The summed E-state index contributed by atoms with van der Waals surface area (Å²) < 4.78 is 22.5. The zero-order valence-corrected chi connectivity index (χ0v) is 36.4. The van der Waals surface area contributed by atoms with E-state index < -0.39 is 23.5 Å². The van der Waals surface area contributed by atoms with Crippen molar-refractivity contribution >= 4 is 51.0 Å². The molecule has 0 amide bonds. The first-order valence-corrected chi connectivity index (χ1v) is 21.1. The lowest BCUT2D eigenvalue weighted by Gasteiger charge is -2.31. The normalized spacial score (nSPS) is 14.4. The van der Waals surface area contributed by atoms with E-state index in [1.807, 2.05) is 48.5 Å². The van der Waals surface area contributed by atoms with Gasteiger partial charge < -0.3 is 28.2 Å². The number of carbonyl (C=O) groups excluding carboxylic acids is 3. The molecule has 0 saturated carbocycles. The number of hydrogen-bond acceptors (Lipinski definition) is 7. The van der Waals surface area contributed by atoms with Gasteiger partial charge in [0.25, 0.3) is 0 Å². The van der Waals surface area contributed by atoms with Gasteiger partial charge in [0, 0.05) is 85.4 Å². The Morgan fingerprint density at radius 2 is 1.23 bits per heavy atom. The van der Waals surface area contributed by atoms with Gasteiger partial charge in [0.1, 0.15) is 13.2 Å². The number of anilines is 1. The van der Waals surface area contributed by atoms with E-state index in [1.54, 1.807) is 13.8 Å². The molecule has 7 rings (SSSR count). The van der Waals surface area contributed by atoms with Gasteiger partial charge >= 0.3 is 17.9 Å². The van der Waals surface area contributed by atoms with Crippen molar-refractivity contribution in [3.8, 4) is 0 Å². The summed E-state index contributed by atoms with van der Waals surface area (Å²) in [7, 11) is 0. The summed E-state index contributed by atoms with van der Waals surface area (Å²) in [5.41, 5.74) is 10.3. The Labute approximate surface area is 358 Å². The highest BCUT2D eigenvalue weighted by Gasteiger charge is 2.47. The number of esters is 3. The lowest BCUT2D eigenvalue weighted by atomic mass is 9.78. The number of rotatable bonds is 16. The highest BCUT2D eigenvalue weighted by molar-refractivity contribution is 6.07. The molecule has 1 aliphatic rings. The first-order chi connectivity index (χ1) is 29.4. The summed E-state index contributed by atoms with van der Waals surface area (Å²) >= 11 is 0. The van der Waals surface area contributed by atoms with E-state index in [0.717, 1.165) is 85.4 Å². The number of fused-ring (bicyclic) bond motifs is 3. The molecule has 1 aliphatic heterocycles. The maximum Gasteiger partial charge on any atom is 0.340 e. The number of nitrogens with zero attached hydrogens (tertiary/aromatic N) is 3. The van der Waals surface area contributed by atoms with Crippen LogP contribution in [0.5, 0.6) is 0 Å². The summed E-state index contributed by atoms with van der Waals surface area (Å²) in [6.45, 7) is 24.3. The van der Waals surface area contributed by atoms with Gasteiger partial charge in [0.2, 0.25) is 0 Å². The molecule has 1 unspecified atom stereocenters. The van der Waals surface area contributed by atoms with Crippen LogP contribution in [0.1, 0.15) is 84.2 Å². The van der Waals surface area contributed by atoms with Gasteiger partial charge in [0.15, 0.2) is 5.60 Å². The van der Waals surface area contributed by atoms with E-state index in [4.69, 9.17) is 14.2 Å². The molecule has 0 aliphatic carbocycles. The minimum absolute atomic E-state index is 0.151. The Morgan fingerprint density at radius 1 is 0.721 bits per heavy atom. The number of hydrogen-bond donors (Lipinski definition) is 0. The summed E-state index contributed by atoms with van der Waals surface area (Å²) in [6, 6.07) is 30.7. The van der Waals surface area contributed by atoms with Crippen molar-refractivity contribution in [2.24, 2.45) is 0 Å². The molecule has 9 heteroatoms. The summed E-state index contributed by atoms with van der Waals surface area (Å²) in [5.74, 6) is -1.26. The van der Waals surface area contributed by atoms with E-state index in [2.05, 4.69) is 110 Å². The van der Waals surface area contributed by atoms with E-state index in [9.17, 15) is 14.4 Å². The molecular formula is C52H55N3O6. The minimum atomic E-state index is -1.32. The molecule has 6 aromatic rings. The standard InChI is InChI=1S/C52H55N3O6/c1-10-37-31-38(53(11-2)12-3)25-26-43(37)52(44-22-16-13-19-39(44)51(58)61-52)32-42(47-35(8)54(27-29-59-49(56)33(4)5)45-23-17-14-20-40(45)47)48-36(9)55(28-30-60-50(57)34(6)7)46-24-18-15-21-41(46)48/h13-26,31-32H,4,6,10-12,27-30H2,1-3,5,7-9H3. The zero-order chi connectivity index (χ0) is 43.6. The first kappa shape index (κ1) is 42.5. The second-order valence-electron chi connectivity index (χ2n) is 15.7. The van der Waals surface area contributed by atoms with Crippen molar-refractivity contribution in [3.63, 3.8) is 0 Å². The molecule has 9 nitrogen and oxygen atoms in total. The largest absolute Gasteiger partial charge is 0.460 e. The van der Waals surface area contributed by atoms with Gasteiger partial charge in [-0.3, -0.25) is 0 Å². The number of carbonyl (C=O) groups is 3. The summed E-state index contributed by atoms with van der Waals surface area (Å²) in [5, 5.41) is 1.98. The molecule has 1 atom stereocenters. The molecule has 4 aromatic carbocycles. The lowest BCUT2D eigenvalue weighted by Crippen LogP contribution is -2.28. The van der Waals surface area contributed by atoms with Crippen molar-refractivity contribution in [2.75, 3.05) is 31.2 Å². The second kappa shape index (κ2) is 17.5. The Morgan fingerprint density at radius 3 is 1.74 bits per heavy atom. The fourth-order valence-electron chi connectivity index (χ4n) is 8.94. The predicted molar refractivity (Wildman–Crippen MR) is 244 cm³/mol. The number of aromatic nitrogens is 2. The Hall–Kier alpha value is -6.61. The van der Waals surface area contributed by atoms with E-state index >= 15 is 0 Å². The Kier molecular flexibility index (Phi) is 12.2. The average molecular weight is 818 g/mol. The molecule has 0 radical (unpaired) electrons. The van der Waals surface area contributed by atoms with Crippen molar-refractivity contribution in [2.45, 2.75) is 73.6 Å². The van der Waals surface area contributed by atoms with Crippen molar-refractivity contribution in [3.05, 3.63) is 166 Å². The fraction of sp³-hybridized carbons (Fsp3) is 0.288. The van der Waals surface area contributed by atoms with Crippen LogP contribution in [-0.2, 0) is 48.9 Å². The third kappa shape index (κ3) is 7.69. The van der Waals surface area contributed by atoms with E-state index in [-0.39, 0.29) is 13.2 Å². The monoisotopic (exact) mass is 817 g/mol. The quantitative estimate of drug-likeness (QED) is 0.0546. The number of ether oxygens (including phenoxy) is 3. The topological polar surface area (TPSA) is 92.0 Å². The molecule has 2 aromatic heterocycles. The molecule has 0 fully saturated rings. The van der Waals surface area contributed by atoms with Crippen molar-refractivity contribution in [1.82, 2.24) is 9.13 Å². The fourth-order valence-corrected chi connectivity index (χ4v) is 8.94. The third-order valence-corrected chi connectivity index (χ3v) is 11.9. The SMILES string of the molecule is C=C(C)C(=O)OCCn1c(C)c(C(=CC2(c3ccc(N(CC)CC)cc3CC)OC(=O)c3ccccc32)c2c(C)n(CCOC(=O)C(=C)C)c3ccccc23)c2ccccc21. The first-order valence-electron chi connectivity index (χ1n) is 21.1. The van der Waals surface area contributed by atoms with Crippen LogP contribution in [-0.4, -0.2) is 53.3 Å². The third-order valence-electron chi connectivity index (χ3n) is 11.9. The summed E-state index contributed by atoms with van der Waals surface area (Å²) in [6.07, 6.45) is 2.88. The lowest BCUT2D eigenvalue weighted by molar-refractivity contribution is -0.140. The Bertz CT molecular complexity index is 2630. The molecule has 3 heterocycles. The molecule has 0 spiro atoms. The van der Waals surface area contributed by atoms with Crippen LogP contribution < -0.4 is 4.90 Å². The number of para-hydroxylation sites is 2. The van der Waals surface area contributed by atoms with Crippen molar-refractivity contribution < 1.29 is 28.6 Å². The molecule has 0 saturated heterocycles. The highest BCUT2D eigenvalue weighted by Crippen LogP contribution is 2.50. The molecular weight excluding hydrogens is 763 g/mol. The summed E-state index contributed by atoms with van der Waals surface area (Å²) in [4.78, 5) is 41.6. The van der Waals surface area contributed by atoms with Gasteiger partial charge in [0.05, 0.1) is 18.7 Å². The smallest absolute Gasteiger partial charge is 0.340 e. The van der Waals surface area contributed by atoms with E-state index in [0.29, 0.717) is 36.2 Å². The maximum absolute atomic E-state index is 14.2. The maximum atomic E-state index is 14.2. The van der Waals surface area contributed by atoms with Gasteiger partial charge in [-0.15, -0.1) is 0 Å². The van der Waals surface area contributed by atoms with Crippen molar-refractivity contribution in [1.29, 1.82) is 0 Å². The number of aryl methyl sites for hydroxylation is 1. The van der Waals surface area contributed by atoms with Crippen LogP contribution in [0, 0.1) is 13.8 Å². The Balaban J connectivity index is 1.57. The molecule has 0 bridgehead atoms. The van der Waals surface area contributed by atoms with Gasteiger partial charge in [-0.2, -0.15) is 0 Å². The molecule has 0 N–H and O–H groups in total. The van der Waals surface area contributed by atoms with Crippen LogP contribution in [0.3, 0.4) is 0 Å². The van der Waals surface area contributed by atoms with E-state index in [1.165, 1.54) is 0 Å².